The molecule has 0 radical (unpaired) electrons. The fourth-order valence-electron chi connectivity index (χ4n) is 7.32. The van der Waals surface area contributed by atoms with Crippen LogP contribution in [0.2, 0.25) is 0 Å². The monoisotopic (exact) mass is 444 g/mol. The first kappa shape index (κ1) is 25.7. The third-order valence-electron chi connectivity index (χ3n) is 9.24. The van der Waals surface area contributed by atoms with Crippen LogP contribution in [-0.2, 0) is 0 Å². The summed E-state index contributed by atoms with van der Waals surface area (Å²) in [7, 11) is 0. The Morgan fingerprint density at radius 1 is 1.22 bits per heavy atom. The zero-order valence-corrected chi connectivity index (χ0v) is 21.2. The summed E-state index contributed by atoms with van der Waals surface area (Å²) < 4.78 is 0. The van der Waals surface area contributed by atoms with E-state index in [0.29, 0.717) is 23.7 Å². The lowest BCUT2D eigenvalue weighted by atomic mass is 9.60. The van der Waals surface area contributed by atoms with Gasteiger partial charge in [-0.15, -0.1) is 0 Å². The van der Waals surface area contributed by atoms with Crippen LogP contribution in [0.3, 0.4) is 0 Å². The molecule has 0 saturated heterocycles. The highest BCUT2D eigenvalue weighted by molar-refractivity contribution is 5.39. The van der Waals surface area contributed by atoms with Crippen molar-refractivity contribution in [2.45, 2.75) is 117 Å². The first-order chi connectivity index (χ1) is 15.0. The second kappa shape index (κ2) is 10.2. The molecule has 0 aromatic heterocycles. The number of hydrogen-bond acceptors (Lipinski definition) is 3. The van der Waals surface area contributed by atoms with E-state index < -0.39 is 17.8 Å². The molecule has 7 atom stereocenters. The van der Waals surface area contributed by atoms with E-state index in [0.717, 1.165) is 36.3 Å². The first-order valence-electron chi connectivity index (χ1n) is 13.1. The van der Waals surface area contributed by atoms with Gasteiger partial charge in [0.15, 0.2) is 0 Å². The maximum absolute atomic E-state index is 10.6. The number of aliphatic hydroxyl groups is 3. The Balaban J connectivity index is 1.71. The second-order valence-electron chi connectivity index (χ2n) is 12.0. The molecule has 0 aromatic rings. The van der Waals surface area contributed by atoms with Gasteiger partial charge in [0.2, 0.25) is 0 Å². The van der Waals surface area contributed by atoms with Crippen LogP contribution < -0.4 is 0 Å². The van der Waals surface area contributed by atoms with Gasteiger partial charge >= 0.3 is 0 Å². The summed E-state index contributed by atoms with van der Waals surface area (Å²) in [5.41, 5.74) is 3.18. The Hall–Kier alpha value is -0.900. The molecule has 3 N–H and O–H groups in total. The third-order valence-corrected chi connectivity index (χ3v) is 9.24. The largest absolute Gasteiger partial charge is 0.392 e. The van der Waals surface area contributed by atoms with Crippen LogP contribution in [0.15, 0.2) is 35.5 Å². The lowest BCUT2D eigenvalue weighted by Crippen LogP contribution is -2.38. The average molecular weight is 445 g/mol. The summed E-state index contributed by atoms with van der Waals surface area (Å²) in [5, 5.41) is 31.1. The molecule has 0 aliphatic heterocycles. The molecule has 32 heavy (non-hydrogen) atoms. The van der Waals surface area contributed by atoms with Crippen LogP contribution in [0.25, 0.3) is 0 Å². The highest BCUT2D eigenvalue weighted by Gasteiger charge is 2.50. The molecule has 3 aliphatic rings. The molecule has 0 heterocycles. The van der Waals surface area contributed by atoms with E-state index >= 15 is 0 Å². The molecule has 182 valence electrons. The van der Waals surface area contributed by atoms with E-state index in [1.54, 1.807) is 5.57 Å². The van der Waals surface area contributed by atoms with Crippen LogP contribution in [0.5, 0.6) is 0 Å². The molecular weight excluding hydrogens is 396 g/mol. The van der Waals surface area contributed by atoms with Crippen molar-refractivity contribution in [3.05, 3.63) is 35.5 Å². The molecular formula is C29H48O3. The molecule has 3 saturated carbocycles. The van der Waals surface area contributed by atoms with Crippen molar-refractivity contribution in [1.82, 2.24) is 0 Å². The van der Waals surface area contributed by atoms with Gasteiger partial charge in [0.25, 0.3) is 0 Å². The van der Waals surface area contributed by atoms with Crippen LogP contribution in [0.4, 0.5) is 0 Å². The van der Waals surface area contributed by atoms with Crippen molar-refractivity contribution in [1.29, 1.82) is 0 Å². The van der Waals surface area contributed by atoms with Crippen LogP contribution in [0.1, 0.15) is 98.8 Å². The predicted octanol–water partition coefficient (Wildman–Crippen LogP) is 6.34. The Labute approximate surface area is 196 Å². The minimum Gasteiger partial charge on any atom is -0.392 e. The van der Waals surface area contributed by atoms with Crippen molar-refractivity contribution in [2.75, 3.05) is 0 Å². The first-order valence-corrected chi connectivity index (χ1v) is 13.1. The number of aliphatic hydroxyl groups excluding tert-OH is 2. The number of allylic oxidation sites excluding steroid dienone is 3. The smallest absolute Gasteiger partial charge is 0.0839 e. The van der Waals surface area contributed by atoms with Gasteiger partial charge in [0, 0.05) is 5.92 Å². The van der Waals surface area contributed by atoms with Gasteiger partial charge in [0.05, 0.1) is 17.8 Å². The lowest BCUT2D eigenvalue weighted by Gasteiger charge is -2.44. The van der Waals surface area contributed by atoms with Gasteiger partial charge < -0.3 is 15.3 Å². The summed E-state index contributed by atoms with van der Waals surface area (Å²) in [5.74, 6) is 1.99. The normalized spacial score (nSPS) is 39.5. The van der Waals surface area contributed by atoms with Crippen molar-refractivity contribution < 1.29 is 15.3 Å². The van der Waals surface area contributed by atoms with Gasteiger partial charge in [-0.25, -0.2) is 0 Å². The Morgan fingerprint density at radius 2 is 1.94 bits per heavy atom. The predicted molar refractivity (Wildman–Crippen MR) is 133 cm³/mol. The van der Waals surface area contributed by atoms with Crippen LogP contribution in [0, 0.1) is 29.1 Å². The molecule has 3 fully saturated rings. The maximum atomic E-state index is 10.6. The Kier molecular flexibility index (Phi) is 8.16. The van der Waals surface area contributed by atoms with E-state index in [2.05, 4.69) is 32.6 Å². The summed E-state index contributed by atoms with van der Waals surface area (Å²) in [6.45, 7) is 15.0. The van der Waals surface area contributed by atoms with Gasteiger partial charge in [-0.1, -0.05) is 57.9 Å². The SMILES string of the molecule is C=C1/C(=C\C=C2/CCC[C@]3(C)[C@@H]([C@H](C)CCCC(C)(C)O)CC[C@@H]23)C[C@@H](O)[C@@H](CC)[C@@H]1O. The van der Waals surface area contributed by atoms with Gasteiger partial charge in [-0.05, 0) is 99.5 Å². The van der Waals surface area contributed by atoms with Gasteiger partial charge in [-0.2, -0.15) is 0 Å². The topological polar surface area (TPSA) is 60.7 Å². The highest BCUT2D eigenvalue weighted by atomic mass is 16.3. The molecule has 3 heteroatoms. The maximum Gasteiger partial charge on any atom is 0.0839 e. The van der Waals surface area contributed by atoms with Gasteiger partial charge in [0.1, 0.15) is 0 Å². The fraction of sp³-hybridized carbons (Fsp3) is 0.793. The standard InChI is InChI=1S/C29H48O3/c1-7-23-26(30)18-22(20(3)27(23)31)13-12-21-11-9-17-29(6)24(14-15-25(21)29)19(2)10-8-16-28(4,5)32/h12-13,19,23-27,30-32H,3,7-11,14-18H2,1-2,4-6H3/b21-12+,22-13-/t19-,23-,24-,25+,26-,27-,29-/m1/s1. The molecule has 0 amide bonds. The summed E-state index contributed by atoms with van der Waals surface area (Å²) in [6, 6.07) is 0. The van der Waals surface area contributed by atoms with E-state index in [1.165, 1.54) is 38.5 Å². The quantitative estimate of drug-likeness (QED) is 0.429. The molecule has 3 nitrogen and oxygen atoms in total. The van der Waals surface area contributed by atoms with Crippen molar-refractivity contribution in [3.63, 3.8) is 0 Å². The zero-order chi connectivity index (χ0) is 23.7. The van der Waals surface area contributed by atoms with E-state index in [-0.39, 0.29) is 5.92 Å². The molecule has 0 bridgehead atoms. The van der Waals surface area contributed by atoms with Crippen LogP contribution in [-0.4, -0.2) is 33.1 Å². The number of fused-ring (bicyclic) bond motifs is 1. The third kappa shape index (κ3) is 5.42. The Morgan fingerprint density at radius 3 is 2.59 bits per heavy atom. The van der Waals surface area contributed by atoms with Crippen molar-refractivity contribution >= 4 is 0 Å². The average Bonchev–Trinajstić information content (AvgIpc) is 3.06. The van der Waals surface area contributed by atoms with Crippen molar-refractivity contribution in [2.24, 2.45) is 29.1 Å². The fourth-order valence-corrected chi connectivity index (χ4v) is 7.32. The van der Waals surface area contributed by atoms with E-state index in [1.807, 2.05) is 20.8 Å². The molecule has 0 aromatic carbocycles. The molecule has 3 rings (SSSR count). The minimum absolute atomic E-state index is 0.0984. The number of hydrogen-bond donors (Lipinski definition) is 3. The minimum atomic E-state index is -0.634. The zero-order valence-electron chi connectivity index (χ0n) is 21.2. The lowest BCUT2D eigenvalue weighted by molar-refractivity contribution is 0.0167. The second-order valence-corrected chi connectivity index (χ2v) is 12.0. The van der Waals surface area contributed by atoms with E-state index in [9.17, 15) is 15.3 Å². The summed E-state index contributed by atoms with van der Waals surface area (Å²) in [6.07, 6.45) is 14.2. The molecule has 0 unspecified atom stereocenters. The molecule has 3 aliphatic carbocycles. The summed E-state index contributed by atoms with van der Waals surface area (Å²) in [4.78, 5) is 0. The Bertz CT molecular complexity index is 727. The van der Waals surface area contributed by atoms with Crippen LogP contribution >= 0.6 is 0 Å². The number of rotatable bonds is 7. The summed E-state index contributed by atoms with van der Waals surface area (Å²) >= 11 is 0. The van der Waals surface area contributed by atoms with Gasteiger partial charge in [-0.3, -0.25) is 0 Å². The van der Waals surface area contributed by atoms with Crippen molar-refractivity contribution in [3.8, 4) is 0 Å². The molecule has 0 spiro atoms. The van der Waals surface area contributed by atoms with E-state index in [4.69, 9.17) is 0 Å². The highest BCUT2D eigenvalue weighted by Crippen LogP contribution is 2.60.